The van der Waals surface area contributed by atoms with E-state index in [4.69, 9.17) is 24.4 Å². The van der Waals surface area contributed by atoms with Crippen molar-refractivity contribution in [3.8, 4) is 0 Å². The van der Waals surface area contributed by atoms with Gasteiger partial charge in [-0.2, -0.15) is 0 Å². The average Bonchev–Trinajstić information content (AvgIpc) is 2.92. The SMILES string of the molecule is CC[C@@]12CCC3CCCC[C@@]3(OO1)C(OCc1ccc(C(=O)O)cc1)O2. The largest absolute Gasteiger partial charge is 0.478 e. The summed E-state index contributed by atoms with van der Waals surface area (Å²) in [7, 11) is 0. The Labute approximate surface area is 153 Å². The van der Waals surface area contributed by atoms with Crippen LogP contribution in [-0.4, -0.2) is 28.8 Å². The molecule has 1 N–H and O–H groups in total. The third-order valence-electron chi connectivity index (χ3n) is 6.15. The van der Waals surface area contributed by atoms with E-state index in [1.54, 1.807) is 24.3 Å². The van der Waals surface area contributed by atoms with Crippen molar-refractivity contribution in [1.82, 2.24) is 0 Å². The van der Waals surface area contributed by atoms with Crippen LogP contribution in [-0.2, 0) is 25.9 Å². The molecule has 4 atom stereocenters. The van der Waals surface area contributed by atoms with Gasteiger partial charge in [-0.1, -0.05) is 31.9 Å². The molecule has 142 valence electrons. The van der Waals surface area contributed by atoms with Crippen LogP contribution in [0, 0.1) is 5.92 Å². The lowest BCUT2D eigenvalue weighted by Gasteiger charge is -2.49. The molecular weight excluding hydrogens is 336 g/mol. The van der Waals surface area contributed by atoms with E-state index in [1.807, 2.05) is 6.92 Å². The van der Waals surface area contributed by atoms with Gasteiger partial charge in [0.05, 0.1) is 12.2 Å². The number of aromatic carboxylic acids is 1. The van der Waals surface area contributed by atoms with Crippen LogP contribution in [0.2, 0.25) is 0 Å². The van der Waals surface area contributed by atoms with Crippen LogP contribution in [0.5, 0.6) is 0 Å². The minimum absolute atomic E-state index is 0.270. The molecule has 6 heteroatoms. The monoisotopic (exact) mass is 362 g/mol. The van der Waals surface area contributed by atoms with Gasteiger partial charge in [-0.05, 0) is 42.9 Å². The first-order valence-electron chi connectivity index (χ1n) is 9.55. The Hall–Kier alpha value is -1.47. The van der Waals surface area contributed by atoms with Crippen LogP contribution < -0.4 is 0 Å². The minimum atomic E-state index is -0.929. The summed E-state index contributed by atoms with van der Waals surface area (Å²) in [5.74, 6) is -1.27. The van der Waals surface area contributed by atoms with Crippen molar-refractivity contribution in [1.29, 1.82) is 0 Å². The third kappa shape index (κ3) is 3.05. The topological polar surface area (TPSA) is 74.2 Å². The van der Waals surface area contributed by atoms with E-state index in [1.165, 1.54) is 6.42 Å². The molecule has 2 bridgehead atoms. The van der Waals surface area contributed by atoms with Gasteiger partial charge in [0, 0.05) is 12.8 Å². The molecule has 2 unspecified atom stereocenters. The number of hydrogen-bond acceptors (Lipinski definition) is 5. The zero-order chi connectivity index (χ0) is 18.2. The highest BCUT2D eigenvalue weighted by Crippen LogP contribution is 2.53. The Bertz CT molecular complexity index is 655. The van der Waals surface area contributed by atoms with E-state index in [0.29, 0.717) is 18.9 Å². The van der Waals surface area contributed by atoms with Gasteiger partial charge >= 0.3 is 5.97 Å². The summed E-state index contributed by atoms with van der Waals surface area (Å²) < 4.78 is 12.5. The van der Waals surface area contributed by atoms with Gasteiger partial charge in [0.2, 0.25) is 5.79 Å². The molecule has 1 spiro atoms. The van der Waals surface area contributed by atoms with E-state index in [-0.39, 0.29) is 5.56 Å². The molecule has 1 aromatic rings. The van der Waals surface area contributed by atoms with Crippen molar-refractivity contribution in [3.63, 3.8) is 0 Å². The van der Waals surface area contributed by atoms with E-state index in [9.17, 15) is 4.79 Å². The molecule has 0 aromatic heterocycles. The first kappa shape index (κ1) is 17.9. The summed E-state index contributed by atoms with van der Waals surface area (Å²) in [6.07, 6.45) is 6.36. The fourth-order valence-corrected chi connectivity index (χ4v) is 4.46. The van der Waals surface area contributed by atoms with Crippen LogP contribution >= 0.6 is 0 Å². The average molecular weight is 362 g/mol. The minimum Gasteiger partial charge on any atom is -0.478 e. The summed E-state index contributed by atoms with van der Waals surface area (Å²) in [5.41, 5.74) is 0.647. The second-order valence-corrected chi connectivity index (χ2v) is 7.63. The van der Waals surface area contributed by atoms with Gasteiger partial charge in [0.1, 0.15) is 0 Å². The van der Waals surface area contributed by atoms with Gasteiger partial charge < -0.3 is 14.6 Å². The summed E-state index contributed by atoms with van der Waals surface area (Å²) in [6.45, 7) is 2.39. The zero-order valence-corrected chi connectivity index (χ0v) is 15.1. The highest BCUT2D eigenvalue weighted by atomic mass is 17.3. The molecule has 4 fully saturated rings. The Morgan fingerprint density at radius 3 is 2.73 bits per heavy atom. The van der Waals surface area contributed by atoms with Gasteiger partial charge in [-0.3, -0.25) is 0 Å². The van der Waals surface area contributed by atoms with Crippen LogP contribution in [0.3, 0.4) is 0 Å². The fraction of sp³-hybridized carbons (Fsp3) is 0.650. The van der Waals surface area contributed by atoms with Gasteiger partial charge in [-0.15, -0.1) is 0 Å². The van der Waals surface area contributed by atoms with Gasteiger partial charge in [-0.25, -0.2) is 14.6 Å². The van der Waals surface area contributed by atoms with E-state index in [0.717, 1.165) is 37.7 Å². The second kappa shape index (κ2) is 6.93. The summed E-state index contributed by atoms with van der Waals surface area (Å²) in [4.78, 5) is 22.8. The number of carbonyl (C=O) groups is 1. The number of fused-ring (bicyclic) bond motifs is 3. The molecule has 1 saturated carbocycles. The number of ether oxygens (including phenoxy) is 2. The maximum Gasteiger partial charge on any atom is 0.335 e. The molecule has 3 heterocycles. The van der Waals surface area contributed by atoms with Crippen molar-refractivity contribution in [2.75, 3.05) is 0 Å². The number of hydrogen-bond donors (Lipinski definition) is 1. The molecule has 1 aliphatic carbocycles. The van der Waals surface area contributed by atoms with Crippen molar-refractivity contribution in [2.24, 2.45) is 5.92 Å². The Balaban J connectivity index is 1.52. The molecule has 1 aromatic carbocycles. The van der Waals surface area contributed by atoms with E-state index in [2.05, 4.69) is 0 Å². The lowest BCUT2D eigenvalue weighted by molar-refractivity contribution is -0.554. The Morgan fingerprint density at radius 1 is 1.19 bits per heavy atom. The van der Waals surface area contributed by atoms with Gasteiger partial charge in [0.25, 0.3) is 0 Å². The quantitative estimate of drug-likeness (QED) is 0.797. The van der Waals surface area contributed by atoms with Crippen LogP contribution in [0.4, 0.5) is 0 Å². The molecule has 3 saturated heterocycles. The molecule has 0 amide bonds. The molecule has 3 aliphatic heterocycles. The highest BCUT2D eigenvalue weighted by molar-refractivity contribution is 5.87. The van der Waals surface area contributed by atoms with E-state index >= 15 is 0 Å². The molecular formula is C20H26O6. The molecule has 4 aliphatic rings. The normalized spacial score (nSPS) is 36.3. The highest BCUT2D eigenvalue weighted by Gasteiger charge is 2.60. The maximum absolute atomic E-state index is 11.0. The summed E-state index contributed by atoms with van der Waals surface area (Å²) in [6, 6.07) is 6.74. The maximum atomic E-state index is 11.0. The van der Waals surface area contributed by atoms with E-state index < -0.39 is 23.6 Å². The molecule has 5 rings (SSSR count). The lowest BCUT2D eigenvalue weighted by atomic mass is 9.73. The Kier molecular flexibility index (Phi) is 4.77. The predicted octanol–water partition coefficient (Wildman–Crippen LogP) is 4.04. The summed E-state index contributed by atoms with van der Waals surface area (Å²) >= 11 is 0. The standard InChI is InChI=1S/C20H26O6/c1-2-19-12-10-16-5-3-4-11-20(16,26-25-19)18(24-19)23-13-14-6-8-15(9-7-14)17(21)22/h6-9,16,18H,2-5,10-13H2,1H3,(H,21,22)/t16?,18?,19-,20-/m0/s1. The van der Waals surface area contributed by atoms with Crippen molar-refractivity contribution < 1.29 is 29.1 Å². The van der Waals surface area contributed by atoms with Crippen molar-refractivity contribution in [3.05, 3.63) is 35.4 Å². The fourth-order valence-electron chi connectivity index (χ4n) is 4.46. The number of rotatable bonds is 5. The predicted molar refractivity (Wildman–Crippen MR) is 92.2 cm³/mol. The Morgan fingerprint density at radius 2 is 2.00 bits per heavy atom. The lowest BCUT2D eigenvalue weighted by Crippen LogP contribution is -2.60. The molecule has 0 radical (unpaired) electrons. The van der Waals surface area contributed by atoms with Crippen LogP contribution in [0.1, 0.15) is 67.8 Å². The summed E-state index contributed by atoms with van der Waals surface area (Å²) in [5, 5.41) is 9.01. The first-order chi connectivity index (χ1) is 12.6. The molecule has 6 nitrogen and oxygen atoms in total. The number of benzene rings is 1. The number of carboxylic acids is 1. The zero-order valence-electron chi connectivity index (χ0n) is 15.1. The molecule has 26 heavy (non-hydrogen) atoms. The van der Waals surface area contributed by atoms with Crippen molar-refractivity contribution in [2.45, 2.75) is 76.2 Å². The third-order valence-corrected chi connectivity index (χ3v) is 6.15. The van der Waals surface area contributed by atoms with Crippen LogP contribution in [0.15, 0.2) is 24.3 Å². The number of carboxylic acid groups (broad SMARTS) is 1. The van der Waals surface area contributed by atoms with Crippen molar-refractivity contribution >= 4 is 5.97 Å². The smallest absolute Gasteiger partial charge is 0.335 e. The van der Waals surface area contributed by atoms with Gasteiger partial charge in [0.15, 0.2) is 11.9 Å². The second-order valence-electron chi connectivity index (χ2n) is 7.63. The first-order valence-corrected chi connectivity index (χ1v) is 9.55. The van der Waals surface area contributed by atoms with Crippen LogP contribution in [0.25, 0.3) is 0 Å².